The Kier molecular flexibility index (Phi) is 19.2. The number of nitrogens with zero attached hydrogens (tertiary/aromatic N) is 6. The second-order valence-electron chi connectivity index (χ2n) is 24.1. The SMILES string of the molecule is C=C(/C=C\CC/C=C\CNc1ccncc1C)C/C(C)=C/C=C(C)/C(C)=C/C=C(\C)Nc1ccncc1C.CC(C)(c1ccc(-n2c3ccccc3c3cnccc32)cc1)c1ccc(C(C)(C)c2ccc(-n3c4ccccc4c4cnccc43)cc2)cc1. The van der Waals surface area contributed by atoms with Crippen molar-refractivity contribution in [2.24, 2.45) is 0 Å². The van der Waals surface area contributed by atoms with Crippen LogP contribution < -0.4 is 10.6 Å². The predicted molar refractivity (Wildman–Crippen MR) is 374 cm³/mol. The minimum absolute atomic E-state index is 0.161. The second kappa shape index (κ2) is 27.6. The van der Waals surface area contributed by atoms with Gasteiger partial charge in [0, 0.05) is 117 Å². The number of pyridine rings is 4. The summed E-state index contributed by atoms with van der Waals surface area (Å²) in [5.74, 6) is 0. The Morgan fingerprint density at radius 2 is 0.875 bits per heavy atom. The van der Waals surface area contributed by atoms with Crippen LogP contribution in [0.2, 0.25) is 0 Å². The molecule has 0 atom stereocenters. The summed E-state index contributed by atoms with van der Waals surface area (Å²) in [6, 6.07) is 52.7. The quantitative estimate of drug-likeness (QED) is 0.0449. The van der Waals surface area contributed by atoms with Crippen LogP contribution in [0.15, 0.2) is 278 Å². The van der Waals surface area contributed by atoms with Gasteiger partial charge in [0.05, 0.1) is 22.1 Å². The molecule has 0 aliphatic heterocycles. The largest absolute Gasteiger partial charge is 0.381 e. The van der Waals surface area contributed by atoms with Crippen molar-refractivity contribution in [3.63, 3.8) is 0 Å². The number of rotatable bonds is 20. The van der Waals surface area contributed by atoms with Gasteiger partial charge >= 0.3 is 0 Å². The lowest BCUT2D eigenvalue weighted by molar-refractivity contribution is 0.626. The van der Waals surface area contributed by atoms with Crippen molar-refractivity contribution >= 4 is 55.0 Å². The molecule has 0 aliphatic rings. The van der Waals surface area contributed by atoms with Crippen LogP contribution in [0.25, 0.3) is 55.0 Å². The lowest BCUT2D eigenvalue weighted by atomic mass is 9.74. The van der Waals surface area contributed by atoms with E-state index < -0.39 is 0 Å². The number of aryl methyl sites for hydroxylation is 2. The van der Waals surface area contributed by atoms with Gasteiger partial charge in [-0.1, -0.05) is 173 Å². The van der Waals surface area contributed by atoms with E-state index in [9.17, 15) is 0 Å². The highest BCUT2D eigenvalue weighted by Crippen LogP contribution is 2.39. The highest BCUT2D eigenvalue weighted by Gasteiger charge is 2.27. The Hall–Kier alpha value is -9.92. The predicted octanol–water partition coefficient (Wildman–Crippen LogP) is 20.5. The molecule has 0 aliphatic carbocycles. The van der Waals surface area contributed by atoms with Crippen molar-refractivity contribution in [3.05, 3.63) is 312 Å². The molecule has 6 heterocycles. The fourth-order valence-electron chi connectivity index (χ4n) is 11.5. The van der Waals surface area contributed by atoms with Gasteiger partial charge in [-0.05, 0) is 172 Å². The highest BCUT2D eigenvalue weighted by atomic mass is 15.0. The van der Waals surface area contributed by atoms with Crippen molar-refractivity contribution < 1.29 is 0 Å². The Balaban J connectivity index is 0.000000203. The van der Waals surface area contributed by atoms with E-state index in [0.717, 1.165) is 71.0 Å². The summed E-state index contributed by atoms with van der Waals surface area (Å²) in [5, 5.41) is 11.6. The smallest absolute Gasteiger partial charge is 0.0571 e. The third kappa shape index (κ3) is 14.0. The molecular weight excluding hydrogens is 1070 g/mol. The standard InChI is InChI=1S/C46H38N4.C34H44N4/c1-45(2,33-17-21-35(22-18-33)49-41-11-7-5-9-37(41)39-29-47-27-25-43(39)49)31-13-15-32(16-14-31)46(3,4)34-19-23-36(24-20-34)50-42-12-8-6-10-38(42)40-30-48-28-26-44(40)50;1-26(13-11-9-8-10-12-20-37-33-18-21-35-24-30(33)5)23-27(2)14-15-28(3)29(4)16-17-32(7)38-34-19-22-36-25-31(34)6/h5-30H,1-4H3;10-19,21-22,24-25H,1,8-9,20,23H2,2-7H3,(H,35,37)(H,36,38)/b;12-10-,13-11-,27-14+,28-15+,29-16+,32-17+. The monoisotopic (exact) mass is 1150 g/mol. The summed E-state index contributed by atoms with van der Waals surface area (Å²) in [5.41, 5.74) is 22.4. The maximum Gasteiger partial charge on any atom is 0.0571 e. The van der Waals surface area contributed by atoms with E-state index in [0.29, 0.717) is 0 Å². The lowest BCUT2D eigenvalue weighted by Crippen LogP contribution is -2.21. The number of nitrogens with one attached hydrogen (secondary N) is 2. The maximum absolute atomic E-state index is 4.40. The van der Waals surface area contributed by atoms with Crippen molar-refractivity contribution in [2.75, 3.05) is 17.2 Å². The fraction of sp³-hybridized carbons (Fsp3) is 0.200. The molecule has 88 heavy (non-hydrogen) atoms. The molecular formula is C80H82N8. The number of unbranched alkanes of at least 4 members (excludes halogenated alkanes) is 1. The number of hydrogen-bond acceptors (Lipinski definition) is 6. The summed E-state index contributed by atoms with van der Waals surface area (Å²) < 4.78 is 4.68. The molecule has 2 N–H and O–H groups in total. The van der Waals surface area contributed by atoms with Crippen molar-refractivity contribution in [1.29, 1.82) is 0 Å². The van der Waals surface area contributed by atoms with Gasteiger partial charge in [0.25, 0.3) is 0 Å². The van der Waals surface area contributed by atoms with Crippen LogP contribution in [-0.2, 0) is 10.8 Å². The Bertz CT molecular complexity index is 4150. The number of hydrogen-bond donors (Lipinski definition) is 2. The molecule has 6 aromatic heterocycles. The van der Waals surface area contributed by atoms with Crippen molar-refractivity contribution in [3.8, 4) is 11.4 Å². The summed E-state index contributed by atoms with van der Waals surface area (Å²) in [4.78, 5) is 17.1. The summed E-state index contributed by atoms with van der Waals surface area (Å²) in [6.07, 6.45) is 35.4. The number of benzene rings is 5. The van der Waals surface area contributed by atoms with Crippen LogP contribution in [0.4, 0.5) is 11.4 Å². The summed E-state index contributed by atoms with van der Waals surface area (Å²) in [7, 11) is 0. The first-order valence-electron chi connectivity index (χ1n) is 30.6. The second-order valence-corrected chi connectivity index (χ2v) is 24.1. The van der Waals surface area contributed by atoms with Crippen LogP contribution in [0, 0.1) is 13.8 Å². The minimum Gasteiger partial charge on any atom is -0.381 e. The zero-order valence-corrected chi connectivity index (χ0v) is 52.8. The number of aromatic nitrogens is 6. The Labute approximate surface area is 520 Å². The third-order valence-corrected chi connectivity index (χ3v) is 17.1. The first-order chi connectivity index (χ1) is 42.6. The molecule has 0 saturated heterocycles. The van der Waals surface area contributed by atoms with Crippen molar-refractivity contribution in [1.82, 2.24) is 29.1 Å². The molecule has 0 spiro atoms. The maximum atomic E-state index is 4.40. The van der Waals surface area contributed by atoms with Gasteiger partial charge in [0.1, 0.15) is 0 Å². The molecule has 8 heteroatoms. The number of para-hydroxylation sites is 2. The van der Waals surface area contributed by atoms with Crippen molar-refractivity contribution in [2.45, 2.75) is 99.3 Å². The van der Waals surface area contributed by atoms with E-state index in [-0.39, 0.29) is 10.8 Å². The average Bonchev–Trinajstić information content (AvgIpc) is 1.75. The van der Waals surface area contributed by atoms with Gasteiger partial charge < -0.3 is 19.8 Å². The molecule has 8 nitrogen and oxygen atoms in total. The number of allylic oxidation sites excluding steroid dienone is 12. The molecule has 0 unspecified atom stereocenters. The highest BCUT2D eigenvalue weighted by molar-refractivity contribution is 6.09. The van der Waals surface area contributed by atoms with Crippen LogP contribution in [0.3, 0.4) is 0 Å². The van der Waals surface area contributed by atoms with E-state index in [1.807, 2.05) is 55.5 Å². The molecule has 11 aromatic rings. The normalized spacial score (nSPS) is 12.8. The van der Waals surface area contributed by atoms with E-state index in [1.54, 1.807) is 6.20 Å². The third-order valence-electron chi connectivity index (χ3n) is 17.1. The number of anilines is 2. The first kappa shape index (κ1) is 61.2. The molecule has 442 valence electrons. The molecule has 0 saturated carbocycles. The Morgan fingerprint density at radius 1 is 0.455 bits per heavy atom. The van der Waals surface area contributed by atoms with E-state index >= 15 is 0 Å². The van der Waals surface area contributed by atoms with E-state index in [2.05, 4.69) is 298 Å². The molecule has 0 bridgehead atoms. The fourth-order valence-corrected chi connectivity index (χ4v) is 11.5. The average molecular weight is 1160 g/mol. The summed E-state index contributed by atoms with van der Waals surface area (Å²) in [6.45, 7) is 27.0. The van der Waals surface area contributed by atoms with Gasteiger partial charge in [-0.15, -0.1) is 0 Å². The van der Waals surface area contributed by atoms with Gasteiger partial charge in [0.2, 0.25) is 0 Å². The van der Waals surface area contributed by atoms with Crippen LogP contribution in [-0.4, -0.2) is 35.6 Å². The van der Waals surface area contributed by atoms with E-state index in [4.69, 9.17) is 0 Å². The zero-order valence-electron chi connectivity index (χ0n) is 52.8. The molecule has 0 radical (unpaired) electrons. The lowest BCUT2D eigenvalue weighted by Gasteiger charge is -2.30. The minimum atomic E-state index is -0.161. The van der Waals surface area contributed by atoms with E-state index in [1.165, 1.54) is 82.6 Å². The van der Waals surface area contributed by atoms with Gasteiger partial charge in [-0.3, -0.25) is 19.9 Å². The van der Waals surface area contributed by atoms with Gasteiger partial charge in [-0.2, -0.15) is 0 Å². The van der Waals surface area contributed by atoms with Crippen LogP contribution in [0.5, 0.6) is 0 Å². The zero-order chi connectivity index (χ0) is 61.8. The molecule has 0 fully saturated rings. The molecule has 5 aromatic carbocycles. The van der Waals surface area contributed by atoms with Crippen LogP contribution >= 0.6 is 0 Å². The topological polar surface area (TPSA) is 85.5 Å². The number of fused-ring (bicyclic) bond motifs is 6. The first-order valence-corrected chi connectivity index (χ1v) is 30.6. The Morgan fingerprint density at radius 3 is 1.38 bits per heavy atom. The van der Waals surface area contributed by atoms with Gasteiger partial charge in [0.15, 0.2) is 0 Å². The van der Waals surface area contributed by atoms with Gasteiger partial charge in [-0.25, -0.2) is 0 Å². The van der Waals surface area contributed by atoms with Crippen LogP contribution in [0.1, 0.15) is 108 Å². The molecule has 11 rings (SSSR count). The molecule has 0 amide bonds. The summed E-state index contributed by atoms with van der Waals surface area (Å²) >= 11 is 0.